The minimum atomic E-state index is -4.55. The molecule has 4 fully saturated rings. The number of nitrogens with zero attached hydrogens (tertiary/aromatic N) is 3. The fourth-order valence-electron chi connectivity index (χ4n) is 9.47. The van der Waals surface area contributed by atoms with Gasteiger partial charge in [0.15, 0.2) is 13.5 Å². The molecule has 2 saturated heterocycles. The molecule has 4 aromatic rings. The Hall–Kier alpha value is -4.97. The van der Waals surface area contributed by atoms with E-state index >= 15 is 0 Å². The topological polar surface area (TPSA) is 111 Å². The average Bonchev–Trinajstić information content (AvgIpc) is 0.753. The molecule has 1 N–H and O–H groups in total. The van der Waals surface area contributed by atoms with Gasteiger partial charge in [-0.15, -0.1) is 12.4 Å². The Balaban J connectivity index is 0.000000297. The number of alkyl halides is 7. The predicted molar refractivity (Wildman–Crippen MR) is 301 cm³/mol. The second-order valence-corrected chi connectivity index (χ2v) is 19.6. The molecule has 4 aromatic carbocycles. The molecule has 10 nitrogen and oxygen atoms in total. The van der Waals surface area contributed by atoms with E-state index in [1.165, 1.54) is 79.8 Å². The van der Waals surface area contributed by atoms with Crippen LogP contribution >= 0.6 is 28.3 Å². The van der Waals surface area contributed by atoms with Crippen molar-refractivity contribution >= 4 is 51.7 Å². The van der Waals surface area contributed by atoms with Gasteiger partial charge in [0.2, 0.25) is 0 Å². The van der Waals surface area contributed by atoms with E-state index in [2.05, 4.69) is 36.0 Å². The Bertz CT molecular complexity index is 3240. The average molecular weight is 1190 g/mol. The summed E-state index contributed by atoms with van der Waals surface area (Å²) >= 11 is 2.83. The zero-order valence-corrected chi connectivity index (χ0v) is 46.3. The van der Waals surface area contributed by atoms with Crippen LogP contribution in [0.2, 0.25) is 0 Å². The lowest BCUT2D eigenvalue weighted by atomic mass is 9.82. The van der Waals surface area contributed by atoms with Crippen molar-refractivity contribution in [3.05, 3.63) is 128 Å². The number of benzene rings is 4. The van der Waals surface area contributed by atoms with Crippen molar-refractivity contribution in [1.82, 2.24) is 10.2 Å². The Labute approximate surface area is 490 Å². The zero-order valence-electron chi connectivity index (χ0n) is 57.9. The summed E-state index contributed by atoms with van der Waals surface area (Å²) in [5.74, 6) is -1.31. The predicted octanol–water partition coefficient (Wildman–Crippen LogP) is 14.6. The van der Waals surface area contributed by atoms with Crippen LogP contribution < -0.4 is 14.8 Å². The summed E-state index contributed by atoms with van der Waals surface area (Å²) in [5, 5.41) is 0.789. The van der Waals surface area contributed by atoms with Crippen LogP contribution in [0.3, 0.4) is 0 Å². The Morgan fingerprint density at radius 2 is 1.08 bits per heavy atom. The fourth-order valence-corrected chi connectivity index (χ4v) is 9.82. The molecule has 18 heteroatoms. The van der Waals surface area contributed by atoms with Crippen LogP contribution in [0.25, 0.3) is 0 Å². The van der Waals surface area contributed by atoms with E-state index in [4.69, 9.17) is 33.4 Å². The van der Waals surface area contributed by atoms with Gasteiger partial charge < -0.3 is 24.3 Å². The van der Waals surface area contributed by atoms with Gasteiger partial charge in [0.1, 0.15) is 11.5 Å². The number of esters is 2. The van der Waals surface area contributed by atoms with Gasteiger partial charge in [-0.1, -0.05) is 105 Å². The van der Waals surface area contributed by atoms with Crippen molar-refractivity contribution in [2.45, 2.75) is 140 Å². The van der Waals surface area contributed by atoms with E-state index in [9.17, 15) is 35.9 Å². The number of aliphatic imine (C=N–C) groups is 2. The second kappa shape index (κ2) is 30.6. The lowest BCUT2D eigenvalue weighted by molar-refractivity contribution is -0.151. The third-order valence-corrected chi connectivity index (χ3v) is 14.5. The Morgan fingerprint density at radius 3 is 1.46 bits per heavy atom. The molecule has 0 radical (unpaired) electrons. The molecule has 4 aliphatic rings. The molecule has 8 rings (SSSR count). The van der Waals surface area contributed by atoms with Crippen molar-refractivity contribution in [1.29, 1.82) is 0 Å². The van der Waals surface area contributed by atoms with E-state index in [1.807, 2.05) is 0 Å². The van der Waals surface area contributed by atoms with Crippen molar-refractivity contribution in [3.8, 4) is 11.5 Å². The van der Waals surface area contributed by atoms with Gasteiger partial charge in [0.25, 0.3) is 0 Å². The number of hydrogen-bond donors (Lipinski definition) is 1. The van der Waals surface area contributed by atoms with Crippen LogP contribution in [0.15, 0.2) is 82.8 Å². The van der Waals surface area contributed by atoms with Gasteiger partial charge in [-0.05, 0) is 145 Å². The van der Waals surface area contributed by atoms with Crippen LogP contribution in [0, 0.1) is 11.8 Å². The number of aryl methyl sites for hydroxylation is 2. The summed E-state index contributed by atoms with van der Waals surface area (Å²) < 4.78 is 216. The number of hydrogen-bond acceptors (Lipinski definition) is 10. The van der Waals surface area contributed by atoms with Crippen LogP contribution in [0.1, 0.15) is 178 Å². The molecular formula is C60H76BrClF6N4O6. The summed E-state index contributed by atoms with van der Waals surface area (Å²) in [7, 11) is 2.64. The fraction of sp³-hybridized carbons (Fsp3) is 0.533. The van der Waals surface area contributed by atoms with Gasteiger partial charge >= 0.3 is 24.3 Å². The molecule has 2 saturated carbocycles. The first-order chi connectivity index (χ1) is 42.1. The number of likely N-dealkylation sites (tertiary alicyclic amines) is 1. The van der Waals surface area contributed by atoms with Crippen LogP contribution in [0.4, 0.5) is 26.3 Å². The molecule has 0 unspecified atom stereocenters. The molecule has 428 valence electrons. The van der Waals surface area contributed by atoms with E-state index in [1.54, 1.807) is 13.8 Å². The van der Waals surface area contributed by atoms with Gasteiger partial charge in [-0.3, -0.25) is 24.5 Å². The van der Waals surface area contributed by atoms with Crippen molar-refractivity contribution in [2.75, 3.05) is 53.9 Å². The molecule has 0 aromatic heterocycles. The number of carbonyl (C=O) groups excluding carboxylic acids is 2. The Kier molecular flexibility index (Phi) is 17.9. The first kappa shape index (κ1) is 45.7. The summed E-state index contributed by atoms with van der Waals surface area (Å²) in [4.78, 5) is 32.1. The third kappa shape index (κ3) is 18.0. The number of ether oxygens (including phenoxy) is 4. The number of nitrogens with one attached hydrogen (secondary N) is 1. The molecule has 0 spiro atoms. The normalized spacial score (nSPS) is 20.7. The summed E-state index contributed by atoms with van der Waals surface area (Å²) in [6.45, 7) is -4.52. The van der Waals surface area contributed by atoms with Crippen LogP contribution in [-0.4, -0.2) is 82.1 Å². The molecule has 2 heterocycles. The van der Waals surface area contributed by atoms with Crippen LogP contribution in [-0.2, 0) is 55.9 Å². The van der Waals surface area contributed by atoms with E-state index < -0.39 is 79.2 Å². The van der Waals surface area contributed by atoms with Gasteiger partial charge in [0.05, 0.1) is 37.2 Å². The van der Waals surface area contributed by atoms with E-state index in [0.717, 1.165) is 76.6 Å². The summed E-state index contributed by atoms with van der Waals surface area (Å²) in [6, 6.07) is 15.8. The molecule has 0 amide bonds. The highest BCUT2D eigenvalue weighted by molar-refractivity contribution is 9.08. The highest BCUT2D eigenvalue weighted by atomic mass is 79.9. The first-order valence-electron chi connectivity index (χ1n) is 32.5. The lowest BCUT2D eigenvalue weighted by Gasteiger charge is -2.37. The molecule has 0 bridgehead atoms. The molecule has 2 aliphatic carbocycles. The molecule has 0 atom stereocenters. The minimum absolute atomic E-state index is 0. The first-order valence-corrected chi connectivity index (χ1v) is 26.3. The molecule has 78 heavy (non-hydrogen) atoms. The SMILES string of the molecule is COC(=O)C1CNC1.Cl.[2H]C([2H])(Br)c1ccc(C(C)=NCOc2ccc(C3CCCCC3)c(C(F)(F)F)c2)cc1C([2H])([2H])C([2H])([2H])[2H].[2H]C([2H])(c1ccc(C(C)=NCOc2ccc(C3CCCCC3)c(C(F)(F)F)c2)cc1C([2H])([2H])C([2H])([2H])[2H])N1CC(C(=O)OC)C1. The van der Waals surface area contributed by atoms with Gasteiger partial charge in [-0.2, -0.15) is 26.3 Å². The summed E-state index contributed by atoms with van der Waals surface area (Å²) in [5.41, 5.74) is -0.860. The van der Waals surface area contributed by atoms with E-state index in [-0.39, 0.29) is 113 Å². The number of carbonyl (C=O) groups is 2. The molecule has 2 aliphatic heterocycles. The van der Waals surface area contributed by atoms with Gasteiger partial charge in [0, 0.05) is 68.6 Å². The second-order valence-electron chi connectivity index (χ2n) is 19.2. The lowest BCUT2D eigenvalue weighted by Crippen LogP contribution is -2.50. The maximum Gasteiger partial charge on any atom is 0.416 e. The number of rotatable bonds is 17. The smallest absolute Gasteiger partial charge is 0.416 e. The maximum absolute atomic E-state index is 13.9. The largest absolute Gasteiger partial charge is 0.471 e. The quantitative estimate of drug-likeness (QED) is 0.0482. The third-order valence-electron chi connectivity index (χ3n) is 14.1. The maximum atomic E-state index is 13.9. The minimum Gasteiger partial charge on any atom is -0.471 e. The monoisotopic (exact) mass is 1190 g/mol. The highest BCUT2D eigenvalue weighted by Gasteiger charge is 2.38. The number of halogens is 8. The highest BCUT2D eigenvalue weighted by Crippen LogP contribution is 2.44. The number of methoxy groups -OCH3 is 2. The van der Waals surface area contributed by atoms with Crippen molar-refractivity contribution < 1.29 is 74.1 Å². The Morgan fingerprint density at radius 1 is 0.641 bits per heavy atom. The zero-order chi connectivity index (χ0) is 67.9. The summed E-state index contributed by atoms with van der Waals surface area (Å²) in [6.07, 6.45) is -6.36. The van der Waals surface area contributed by atoms with E-state index in [0.29, 0.717) is 24.1 Å². The standard InChI is InChI=1S/C30H37F3N2O3.C25H29BrF3NO.C5H9NO2.ClH/c1-4-21-14-23(10-11-24(21)16-35-17-25(18-35)29(36)37-3)20(2)34-19-38-26-12-13-27(22-8-6-5-7-9-22)28(15-26)30(31,32)33;1-3-18-13-20(9-10-21(18)15-26)17(2)30-16-31-22-11-12-23(19-7-5-4-6-8-19)24(14-22)25(27,28)29;1-8-5(7)4-2-6-3-4;/h10-15,22,25H,4-9,16-19H2,1-3H3;9-14,19H,3-8,15-16H2,1-2H3;4,6H,2-3H2,1H3;1H/i1D3,4D2,16D2;1D3,3D2,15D2;;. The van der Waals surface area contributed by atoms with Crippen molar-refractivity contribution in [3.63, 3.8) is 0 Å². The van der Waals surface area contributed by atoms with Gasteiger partial charge in [-0.25, -0.2) is 0 Å². The van der Waals surface area contributed by atoms with Crippen LogP contribution in [0.5, 0.6) is 11.5 Å². The molecular weight excluding hydrogens is 1100 g/mol. The van der Waals surface area contributed by atoms with Crippen molar-refractivity contribution in [2.24, 2.45) is 21.8 Å².